The topological polar surface area (TPSA) is 84.0 Å². The van der Waals surface area contributed by atoms with E-state index in [0.717, 1.165) is 43.3 Å². The smallest absolute Gasteiger partial charge is 0.225 e. The Kier molecular flexibility index (Phi) is 8.30. The number of ether oxygens (including phenoxy) is 2. The van der Waals surface area contributed by atoms with Crippen molar-refractivity contribution in [3.8, 4) is 0 Å². The van der Waals surface area contributed by atoms with E-state index in [1.807, 2.05) is 18.2 Å². The van der Waals surface area contributed by atoms with Crippen LogP contribution < -0.4 is 16.0 Å². The summed E-state index contributed by atoms with van der Waals surface area (Å²) in [5, 5.41) is 9.65. The lowest BCUT2D eigenvalue weighted by molar-refractivity contribution is -0.116. The second-order valence-corrected chi connectivity index (χ2v) is 6.84. The van der Waals surface area contributed by atoms with Crippen LogP contribution in [0.4, 0.5) is 5.69 Å². The lowest BCUT2D eigenvalue weighted by Gasteiger charge is -2.36. The number of methoxy groups -OCH3 is 1. The zero-order valence-electron chi connectivity index (χ0n) is 15.9. The molecule has 0 aliphatic carbocycles. The van der Waals surface area contributed by atoms with Crippen molar-refractivity contribution in [3.63, 3.8) is 0 Å². The largest absolute Gasteiger partial charge is 0.381 e. The van der Waals surface area contributed by atoms with E-state index in [1.54, 1.807) is 14.2 Å². The standard InChI is InChI=1S/C19H28N4O3.HI/c1-20-18(22-13-19(25-2)7-9-26-10-8-19)21-12-14-11-17(24)23-16-6-4-3-5-15(14)16;/h3-6,14H,7-13H2,1-2H3,(H,23,24)(H2,20,21,22);1H. The first-order valence-electron chi connectivity index (χ1n) is 9.12. The van der Waals surface area contributed by atoms with Gasteiger partial charge in [0.1, 0.15) is 0 Å². The van der Waals surface area contributed by atoms with Crippen LogP contribution in [0.1, 0.15) is 30.7 Å². The summed E-state index contributed by atoms with van der Waals surface area (Å²) in [4.78, 5) is 16.3. The number of aliphatic imine (C=N–C) groups is 1. The summed E-state index contributed by atoms with van der Waals surface area (Å²) >= 11 is 0. The molecule has 0 radical (unpaired) electrons. The molecule has 8 heteroatoms. The number of nitrogens with zero attached hydrogens (tertiary/aromatic N) is 1. The number of benzene rings is 1. The van der Waals surface area contributed by atoms with Gasteiger partial charge in [0, 0.05) is 71.3 Å². The molecule has 0 bridgehead atoms. The number of anilines is 1. The molecular formula is C19H29IN4O3. The molecule has 2 aliphatic rings. The monoisotopic (exact) mass is 488 g/mol. The van der Waals surface area contributed by atoms with Crippen LogP contribution in [-0.2, 0) is 14.3 Å². The Labute approximate surface area is 177 Å². The van der Waals surface area contributed by atoms with Crippen molar-refractivity contribution in [1.29, 1.82) is 0 Å². The Morgan fingerprint density at radius 2 is 2.07 bits per heavy atom. The quantitative estimate of drug-likeness (QED) is 0.336. The molecule has 3 N–H and O–H groups in total. The van der Waals surface area contributed by atoms with Gasteiger partial charge < -0.3 is 25.4 Å². The molecule has 3 rings (SSSR count). The molecule has 1 amide bonds. The highest BCUT2D eigenvalue weighted by atomic mass is 127. The predicted molar refractivity (Wildman–Crippen MR) is 117 cm³/mol. The molecule has 1 saturated heterocycles. The zero-order valence-corrected chi connectivity index (χ0v) is 18.2. The fourth-order valence-corrected chi connectivity index (χ4v) is 3.57. The van der Waals surface area contributed by atoms with E-state index in [4.69, 9.17) is 9.47 Å². The Morgan fingerprint density at radius 1 is 1.33 bits per heavy atom. The van der Waals surface area contributed by atoms with Crippen molar-refractivity contribution < 1.29 is 14.3 Å². The lowest BCUT2D eigenvalue weighted by atomic mass is 9.90. The minimum atomic E-state index is -0.215. The van der Waals surface area contributed by atoms with Crippen LogP contribution in [0.15, 0.2) is 29.3 Å². The van der Waals surface area contributed by atoms with E-state index < -0.39 is 0 Å². The number of nitrogens with one attached hydrogen (secondary N) is 3. The molecule has 1 fully saturated rings. The zero-order chi connectivity index (χ0) is 18.4. The fourth-order valence-electron chi connectivity index (χ4n) is 3.57. The van der Waals surface area contributed by atoms with Gasteiger partial charge in [-0.3, -0.25) is 9.79 Å². The average molecular weight is 488 g/mol. The molecule has 27 heavy (non-hydrogen) atoms. The number of para-hydroxylation sites is 1. The predicted octanol–water partition coefficient (Wildman–Crippen LogP) is 2.09. The number of carbonyl (C=O) groups excluding carboxylic acids is 1. The van der Waals surface area contributed by atoms with Gasteiger partial charge >= 0.3 is 0 Å². The van der Waals surface area contributed by atoms with Gasteiger partial charge in [0.2, 0.25) is 5.91 Å². The number of fused-ring (bicyclic) bond motifs is 1. The number of amides is 1. The molecule has 1 aromatic carbocycles. The van der Waals surface area contributed by atoms with Crippen LogP contribution in [0.5, 0.6) is 0 Å². The maximum atomic E-state index is 12.0. The first kappa shape index (κ1) is 21.9. The van der Waals surface area contributed by atoms with Crippen LogP contribution in [-0.4, -0.2) is 57.9 Å². The Balaban J connectivity index is 0.00000261. The number of rotatable bonds is 5. The molecule has 2 aliphatic heterocycles. The van der Waals surface area contributed by atoms with Crippen LogP contribution in [0, 0.1) is 0 Å². The normalized spacial score (nSPS) is 21.5. The van der Waals surface area contributed by atoms with Gasteiger partial charge in [0.05, 0.1) is 5.60 Å². The van der Waals surface area contributed by atoms with Gasteiger partial charge in [-0.25, -0.2) is 0 Å². The highest BCUT2D eigenvalue weighted by molar-refractivity contribution is 14.0. The van der Waals surface area contributed by atoms with Crippen molar-refractivity contribution in [1.82, 2.24) is 10.6 Å². The first-order chi connectivity index (χ1) is 12.7. The second kappa shape index (κ2) is 10.2. The van der Waals surface area contributed by atoms with E-state index in [1.165, 1.54) is 0 Å². The summed E-state index contributed by atoms with van der Waals surface area (Å²) in [7, 11) is 3.50. The third-order valence-corrected chi connectivity index (χ3v) is 5.26. The molecule has 150 valence electrons. The number of halogens is 1. The van der Waals surface area contributed by atoms with Gasteiger partial charge in [-0.1, -0.05) is 18.2 Å². The number of hydrogen-bond acceptors (Lipinski definition) is 4. The highest BCUT2D eigenvalue weighted by Crippen LogP contribution is 2.31. The summed E-state index contributed by atoms with van der Waals surface area (Å²) in [5.74, 6) is 0.897. The van der Waals surface area contributed by atoms with Crippen molar-refractivity contribution in [3.05, 3.63) is 29.8 Å². The van der Waals surface area contributed by atoms with Gasteiger partial charge in [-0.05, 0) is 11.6 Å². The van der Waals surface area contributed by atoms with Crippen LogP contribution in [0.2, 0.25) is 0 Å². The van der Waals surface area contributed by atoms with Gasteiger partial charge in [-0.2, -0.15) is 0 Å². The molecule has 1 aromatic rings. The van der Waals surface area contributed by atoms with E-state index in [-0.39, 0.29) is 41.4 Å². The fraction of sp³-hybridized carbons (Fsp3) is 0.579. The summed E-state index contributed by atoms with van der Waals surface area (Å²) in [6.07, 6.45) is 2.20. The average Bonchev–Trinajstić information content (AvgIpc) is 2.68. The van der Waals surface area contributed by atoms with E-state index in [9.17, 15) is 4.79 Å². The molecule has 0 aromatic heterocycles. The van der Waals surface area contributed by atoms with Gasteiger partial charge in [0.15, 0.2) is 5.96 Å². The van der Waals surface area contributed by atoms with Crippen LogP contribution in [0.25, 0.3) is 0 Å². The second-order valence-electron chi connectivity index (χ2n) is 6.84. The number of hydrogen-bond donors (Lipinski definition) is 3. The number of guanidine groups is 1. The van der Waals surface area contributed by atoms with Gasteiger partial charge in [-0.15, -0.1) is 24.0 Å². The maximum Gasteiger partial charge on any atom is 0.225 e. The van der Waals surface area contributed by atoms with Crippen LogP contribution in [0.3, 0.4) is 0 Å². The lowest BCUT2D eigenvalue weighted by Crippen LogP contribution is -2.51. The molecule has 1 unspecified atom stereocenters. The molecule has 0 saturated carbocycles. The van der Waals surface area contributed by atoms with E-state index >= 15 is 0 Å². The highest BCUT2D eigenvalue weighted by Gasteiger charge is 2.32. The minimum Gasteiger partial charge on any atom is -0.381 e. The Hall–Kier alpha value is -1.39. The molecule has 0 spiro atoms. The third-order valence-electron chi connectivity index (χ3n) is 5.26. The minimum absolute atomic E-state index is 0. The third kappa shape index (κ3) is 5.55. The van der Waals surface area contributed by atoms with E-state index in [0.29, 0.717) is 19.5 Å². The molecule has 7 nitrogen and oxygen atoms in total. The van der Waals surface area contributed by atoms with Crippen LogP contribution >= 0.6 is 24.0 Å². The summed E-state index contributed by atoms with van der Waals surface area (Å²) in [5.41, 5.74) is 1.85. The molecule has 1 atom stereocenters. The summed E-state index contributed by atoms with van der Waals surface area (Å²) < 4.78 is 11.2. The van der Waals surface area contributed by atoms with Crippen molar-refractivity contribution >= 4 is 41.5 Å². The van der Waals surface area contributed by atoms with Crippen molar-refractivity contribution in [2.45, 2.75) is 30.8 Å². The summed E-state index contributed by atoms with van der Waals surface area (Å²) in [6.45, 7) is 2.76. The maximum absolute atomic E-state index is 12.0. The van der Waals surface area contributed by atoms with Crippen molar-refractivity contribution in [2.75, 3.05) is 45.8 Å². The van der Waals surface area contributed by atoms with E-state index in [2.05, 4.69) is 27.0 Å². The van der Waals surface area contributed by atoms with Gasteiger partial charge in [0.25, 0.3) is 0 Å². The SMILES string of the molecule is CN=C(NCC1CC(=O)Nc2ccccc21)NCC1(OC)CCOCC1.I. The Bertz CT molecular complexity index is 662. The Morgan fingerprint density at radius 3 is 2.78 bits per heavy atom. The number of carbonyl (C=O) groups is 1. The molecule has 2 heterocycles. The molecular weight excluding hydrogens is 459 g/mol. The van der Waals surface area contributed by atoms with Crippen molar-refractivity contribution in [2.24, 2.45) is 4.99 Å². The summed E-state index contributed by atoms with van der Waals surface area (Å²) in [6, 6.07) is 7.95. The first-order valence-corrected chi connectivity index (χ1v) is 9.12.